The first-order valence-electron chi connectivity index (χ1n) is 5.57. The number of benzene rings is 2. The van der Waals surface area contributed by atoms with E-state index in [4.69, 9.17) is 9.84 Å². The second-order valence-electron chi connectivity index (χ2n) is 3.98. The fourth-order valence-electron chi connectivity index (χ4n) is 1.58. The van der Waals surface area contributed by atoms with Crippen LogP contribution in [-0.2, 0) is 6.61 Å². The molecule has 0 radical (unpaired) electrons. The van der Waals surface area contributed by atoms with Crippen molar-refractivity contribution in [2.45, 2.75) is 6.61 Å². The summed E-state index contributed by atoms with van der Waals surface area (Å²) in [6, 6.07) is 6.97. The summed E-state index contributed by atoms with van der Waals surface area (Å²) in [5.74, 6) is -4.67. The lowest BCUT2D eigenvalue weighted by atomic mass is 10.2. The van der Waals surface area contributed by atoms with Crippen LogP contribution in [0.4, 0.5) is 13.2 Å². The number of carbonyl (C=O) groups is 1. The van der Waals surface area contributed by atoms with Gasteiger partial charge in [0.15, 0.2) is 0 Å². The second-order valence-corrected chi connectivity index (χ2v) is 3.98. The van der Waals surface area contributed by atoms with Crippen molar-refractivity contribution in [1.29, 1.82) is 0 Å². The van der Waals surface area contributed by atoms with Gasteiger partial charge in [-0.25, -0.2) is 18.0 Å². The van der Waals surface area contributed by atoms with E-state index < -0.39 is 29.0 Å². The molecule has 0 amide bonds. The fraction of sp³-hybridized carbons (Fsp3) is 0.0714. The molecule has 0 fully saturated rings. The lowest BCUT2D eigenvalue weighted by molar-refractivity contribution is 0.0686. The van der Waals surface area contributed by atoms with Gasteiger partial charge in [-0.3, -0.25) is 0 Å². The van der Waals surface area contributed by atoms with E-state index in [-0.39, 0.29) is 12.4 Å². The lowest BCUT2D eigenvalue weighted by Gasteiger charge is -2.08. The fourth-order valence-corrected chi connectivity index (χ4v) is 1.58. The van der Waals surface area contributed by atoms with E-state index in [1.807, 2.05) is 0 Å². The Labute approximate surface area is 112 Å². The van der Waals surface area contributed by atoms with Crippen molar-refractivity contribution in [2.75, 3.05) is 0 Å². The van der Waals surface area contributed by atoms with Crippen molar-refractivity contribution in [3.63, 3.8) is 0 Å². The van der Waals surface area contributed by atoms with Crippen molar-refractivity contribution < 1.29 is 27.8 Å². The van der Waals surface area contributed by atoms with E-state index in [9.17, 15) is 18.0 Å². The van der Waals surface area contributed by atoms with Gasteiger partial charge in [-0.15, -0.1) is 0 Å². The third-order valence-electron chi connectivity index (χ3n) is 2.55. The number of aromatic carboxylic acids is 1. The summed E-state index contributed by atoms with van der Waals surface area (Å²) >= 11 is 0. The van der Waals surface area contributed by atoms with Crippen LogP contribution in [0, 0.1) is 17.5 Å². The normalized spacial score (nSPS) is 10.3. The van der Waals surface area contributed by atoms with E-state index >= 15 is 0 Å². The van der Waals surface area contributed by atoms with Gasteiger partial charge in [0, 0.05) is 12.1 Å². The molecule has 2 rings (SSSR count). The van der Waals surface area contributed by atoms with Crippen LogP contribution in [0.2, 0.25) is 0 Å². The number of halogens is 3. The van der Waals surface area contributed by atoms with Crippen LogP contribution in [0.5, 0.6) is 5.75 Å². The highest BCUT2D eigenvalue weighted by Crippen LogP contribution is 2.21. The molecule has 0 saturated carbocycles. The molecule has 2 aromatic carbocycles. The minimum absolute atomic E-state index is 0.0222. The molecule has 0 aromatic heterocycles. The Kier molecular flexibility index (Phi) is 3.93. The maximum Gasteiger partial charge on any atom is 0.341 e. The first-order valence-corrected chi connectivity index (χ1v) is 5.57. The molecule has 1 N–H and O–H groups in total. The van der Waals surface area contributed by atoms with Gasteiger partial charge < -0.3 is 9.84 Å². The molecule has 0 saturated heterocycles. The molecule has 0 aliphatic rings. The van der Waals surface area contributed by atoms with E-state index in [0.717, 1.165) is 12.1 Å². The topological polar surface area (TPSA) is 46.5 Å². The monoisotopic (exact) mass is 282 g/mol. The Hall–Kier alpha value is -2.50. The maximum atomic E-state index is 13.4. The largest absolute Gasteiger partial charge is 0.489 e. The van der Waals surface area contributed by atoms with Crippen molar-refractivity contribution in [3.8, 4) is 5.75 Å². The molecule has 20 heavy (non-hydrogen) atoms. The SMILES string of the molecule is O=C(O)c1c(F)cc(OCc2ccc(F)cc2)cc1F. The van der Waals surface area contributed by atoms with Crippen LogP contribution in [-0.4, -0.2) is 11.1 Å². The molecule has 0 atom stereocenters. The standard InChI is InChI=1S/C14H9F3O3/c15-9-3-1-8(2-4-9)7-20-10-5-11(16)13(14(18)19)12(17)6-10/h1-6H,7H2,(H,18,19). The summed E-state index contributed by atoms with van der Waals surface area (Å²) in [4.78, 5) is 10.6. The Morgan fingerprint density at radius 2 is 1.60 bits per heavy atom. The molecule has 0 spiro atoms. The summed E-state index contributed by atoms with van der Waals surface area (Å²) in [7, 11) is 0. The molecule has 2 aromatic rings. The maximum absolute atomic E-state index is 13.4. The molecule has 0 aliphatic heterocycles. The highest BCUT2D eigenvalue weighted by atomic mass is 19.1. The Morgan fingerprint density at radius 1 is 1.05 bits per heavy atom. The molecule has 3 nitrogen and oxygen atoms in total. The Bertz CT molecular complexity index is 616. The number of ether oxygens (including phenoxy) is 1. The van der Waals surface area contributed by atoms with E-state index in [0.29, 0.717) is 5.56 Å². The number of rotatable bonds is 4. The van der Waals surface area contributed by atoms with Crippen molar-refractivity contribution in [2.24, 2.45) is 0 Å². The van der Waals surface area contributed by atoms with E-state index in [1.54, 1.807) is 0 Å². The average molecular weight is 282 g/mol. The lowest BCUT2D eigenvalue weighted by Crippen LogP contribution is -2.05. The van der Waals surface area contributed by atoms with Crippen molar-refractivity contribution >= 4 is 5.97 Å². The van der Waals surface area contributed by atoms with Crippen LogP contribution in [0.1, 0.15) is 15.9 Å². The van der Waals surface area contributed by atoms with Crippen molar-refractivity contribution in [3.05, 3.63) is 65.0 Å². The van der Waals surface area contributed by atoms with Gasteiger partial charge >= 0.3 is 5.97 Å². The smallest absolute Gasteiger partial charge is 0.341 e. The zero-order valence-corrected chi connectivity index (χ0v) is 10.1. The van der Waals surface area contributed by atoms with Crippen LogP contribution in [0.25, 0.3) is 0 Å². The quantitative estimate of drug-likeness (QED) is 0.935. The highest BCUT2D eigenvalue weighted by molar-refractivity contribution is 5.88. The predicted octanol–water partition coefficient (Wildman–Crippen LogP) is 3.38. The second kappa shape index (κ2) is 5.64. The first-order chi connectivity index (χ1) is 9.47. The van der Waals surface area contributed by atoms with Gasteiger partial charge in [0.2, 0.25) is 0 Å². The molecular weight excluding hydrogens is 273 g/mol. The first kappa shape index (κ1) is 13.9. The third kappa shape index (κ3) is 3.09. The third-order valence-corrected chi connectivity index (χ3v) is 2.55. The number of hydrogen-bond acceptors (Lipinski definition) is 2. The molecular formula is C14H9F3O3. The zero-order chi connectivity index (χ0) is 14.7. The number of hydrogen-bond donors (Lipinski definition) is 1. The molecule has 104 valence electrons. The summed E-state index contributed by atoms with van der Waals surface area (Å²) in [6.45, 7) is -0.0222. The van der Waals surface area contributed by atoms with Crippen LogP contribution >= 0.6 is 0 Å². The van der Waals surface area contributed by atoms with E-state index in [2.05, 4.69) is 0 Å². The molecule has 0 aliphatic carbocycles. The molecule has 0 unspecified atom stereocenters. The molecule has 0 heterocycles. The predicted molar refractivity (Wildman–Crippen MR) is 64.0 cm³/mol. The molecule has 6 heteroatoms. The van der Waals surface area contributed by atoms with E-state index in [1.165, 1.54) is 24.3 Å². The highest BCUT2D eigenvalue weighted by Gasteiger charge is 2.18. The number of carboxylic acid groups (broad SMARTS) is 1. The van der Waals surface area contributed by atoms with Crippen LogP contribution < -0.4 is 4.74 Å². The van der Waals surface area contributed by atoms with Gasteiger partial charge in [-0.2, -0.15) is 0 Å². The van der Waals surface area contributed by atoms with Crippen LogP contribution in [0.3, 0.4) is 0 Å². The molecule has 0 bridgehead atoms. The Balaban J connectivity index is 2.14. The summed E-state index contributed by atoms with van der Waals surface area (Å²) < 4.78 is 44.6. The van der Waals surface area contributed by atoms with Gasteiger partial charge in [0.25, 0.3) is 0 Å². The summed E-state index contributed by atoms with van der Waals surface area (Å²) in [6.07, 6.45) is 0. The van der Waals surface area contributed by atoms with Gasteiger partial charge in [0.1, 0.15) is 35.4 Å². The van der Waals surface area contributed by atoms with Gasteiger partial charge in [-0.1, -0.05) is 12.1 Å². The minimum Gasteiger partial charge on any atom is -0.489 e. The van der Waals surface area contributed by atoms with Crippen LogP contribution in [0.15, 0.2) is 36.4 Å². The summed E-state index contributed by atoms with van der Waals surface area (Å²) in [5.41, 5.74) is -0.423. The average Bonchev–Trinajstić information content (AvgIpc) is 2.37. The number of carboxylic acids is 1. The minimum atomic E-state index is -1.69. The van der Waals surface area contributed by atoms with Crippen molar-refractivity contribution in [1.82, 2.24) is 0 Å². The van der Waals surface area contributed by atoms with Gasteiger partial charge in [0.05, 0.1) is 0 Å². The summed E-state index contributed by atoms with van der Waals surface area (Å²) in [5, 5.41) is 8.61. The van der Waals surface area contributed by atoms with Gasteiger partial charge in [-0.05, 0) is 17.7 Å². The Morgan fingerprint density at radius 3 is 2.10 bits per heavy atom. The zero-order valence-electron chi connectivity index (χ0n) is 10.1.